The molecular formula is C15H23ClN2O. The van der Waals surface area contributed by atoms with Crippen molar-refractivity contribution in [2.24, 2.45) is 0 Å². The molecule has 0 aliphatic carbocycles. The average Bonchev–Trinajstić information content (AvgIpc) is 2.42. The van der Waals surface area contributed by atoms with E-state index in [2.05, 4.69) is 30.1 Å². The molecule has 0 radical (unpaired) electrons. The number of rotatable bonds is 4. The number of benzene rings is 1. The highest BCUT2D eigenvalue weighted by molar-refractivity contribution is 6.31. The van der Waals surface area contributed by atoms with E-state index in [1.54, 1.807) is 0 Å². The second kappa shape index (κ2) is 6.23. The molecule has 1 N–H and O–H groups in total. The Morgan fingerprint density at radius 3 is 2.47 bits per heavy atom. The Bertz CT molecular complexity index is 416. The summed E-state index contributed by atoms with van der Waals surface area (Å²) in [6.45, 7) is 8.08. The van der Waals surface area contributed by atoms with Gasteiger partial charge < -0.3 is 10.1 Å². The highest BCUT2D eigenvalue weighted by Gasteiger charge is 2.37. The zero-order chi connectivity index (χ0) is 13.9. The average molecular weight is 283 g/mol. The van der Waals surface area contributed by atoms with Crippen LogP contribution in [0.1, 0.15) is 25.5 Å². The maximum absolute atomic E-state index is 6.36. The maximum atomic E-state index is 6.36. The molecule has 2 rings (SSSR count). The second-order valence-corrected chi connectivity index (χ2v) is 5.90. The predicted molar refractivity (Wildman–Crippen MR) is 79.7 cm³/mol. The summed E-state index contributed by atoms with van der Waals surface area (Å²) in [5.74, 6) is 0. The highest BCUT2D eigenvalue weighted by atomic mass is 35.5. The van der Waals surface area contributed by atoms with Crippen LogP contribution < -0.4 is 5.32 Å². The molecule has 1 aliphatic rings. The lowest BCUT2D eigenvalue weighted by Crippen LogP contribution is -2.55. The quantitative estimate of drug-likeness (QED) is 0.919. The first kappa shape index (κ1) is 14.8. The van der Waals surface area contributed by atoms with E-state index in [0.29, 0.717) is 0 Å². The lowest BCUT2D eigenvalue weighted by molar-refractivity contribution is -0.0229. The first-order valence-corrected chi connectivity index (χ1v) is 7.19. The van der Waals surface area contributed by atoms with Gasteiger partial charge >= 0.3 is 0 Å². The molecule has 1 aromatic rings. The van der Waals surface area contributed by atoms with E-state index in [9.17, 15) is 0 Å². The summed E-state index contributed by atoms with van der Waals surface area (Å²) < 4.78 is 5.45. The molecule has 106 valence electrons. The van der Waals surface area contributed by atoms with Crippen molar-refractivity contribution < 1.29 is 4.74 Å². The molecule has 19 heavy (non-hydrogen) atoms. The normalized spacial score (nSPS) is 19.4. The second-order valence-electron chi connectivity index (χ2n) is 5.50. The van der Waals surface area contributed by atoms with Crippen LogP contribution in [0.3, 0.4) is 0 Å². The van der Waals surface area contributed by atoms with Gasteiger partial charge in [0.2, 0.25) is 0 Å². The van der Waals surface area contributed by atoms with Crippen LogP contribution in [0.4, 0.5) is 0 Å². The van der Waals surface area contributed by atoms with Crippen LogP contribution in [0, 0.1) is 0 Å². The molecule has 0 aromatic heterocycles. The van der Waals surface area contributed by atoms with E-state index in [1.807, 2.05) is 25.2 Å². The van der Waals surface area contributed by atoms with Gasteiger partial charge in [-0.3, -0.25) is 4.90 Å². The standard InChI is InChI=1S/C15H23ClN2O/c1-15(2,18-8-10-19-11-9-18)14(17-3)12-6-4-5-7-13(12)16/h4-7,14,17H,8-11H2,1-3H3. The zero-order valence-electron chi connectivity index (χ0n) is 11.9. The van der Waals surface area contributed by atoms with Gasteiger partial charge in [-0.2, -0.15) is 0 Å². The summed E-state index contributed by atoms with van der Waals surface area (Å²) in [5.41, 5.74) is 1.15. The van der Waals surface area contributed by atoms with Crippen molar-refractivity contribution in [1.82, 2.24) is 10.2 Å². The third-order valence-electron chi connectivity index (χ3n) is 4.04. The summed E-state index contributed by atoms with van der Waals surface area (Å²) in [6, 6.07) is 8.27. The van der Waals surface area contributed by atoms with Crippen LogP contribution >= 0.6 is 11.6 Å². The van der Waals surface area contributed by atoms with Crippen molar-refractivity contribution in [3.8, 4) is 0 Å². The van der Waals surface area contributed by atoms with Crippen LogP contribution in [-0.2, 0) is 4.74 Å². The molecule has 1 aliphatic heterocycles. The van der Waals surface area contributed by atoms with Gasteiger partial charge in [0.15, 0.2) is 0 Å². The topological polar surface area (TPSA) is 24.5 Å². The van der Waals surface area contributed by atoms with Crippen LogP contribution in [0.25, 0.3) is 0 Å². The molecule has 0 spiro atoms. The van der Waals surface area contributed by atoms with E-state index in [-0.39, 0.29) is 11.6 Å². The Kier molecular flexibility index (Phi) is 4.85. The number of halogens is 1. The van der Waals surface area contributed by atoms with Crippen LogP contribution in [0.15, 0.2) is 24.3 Å². The summed E-state index contributed by atoms with van der Waals surface area (Å²) >= 11 is 6.36. The Hall–Kier alpha value is -0.610. The number of nitrogens with zero attached hydrogens (tertiary/aromatic N) is 1. The van der Waals surface area contributed by atoms with Crippen LogP contribution in [0.5, 0.6) is 0 Å². The molecular weight excluding hydrogens is 260 g/mol. The van der Waals surface area contributed by atoms with Gasteiger partial charge in [0.1, 0.15) is 0 Å². The molecule has 3 nitrogen and oxygen atoms in total. The van der Waals surface area contributed by atoms with Gasteiger partial charge in [0.05, 0.1) is 19.3 Å². The van der Waals surface area contributed by atoms with Gasteiger partial charge in [0.25, 0.3) is 0 Å². The monoisotopic (exact) mass is 282 g/mol. The predicted octanol–water partition coefficient (Wildman–Crippen LogP) is 2.71. The molecule has 1 fully saturated rings. The Balaban J connectivity index is 2.27. The Morgan fingerprint density at radius 1 is 1.26 bits per heavy atom. The molecule has 1 heterocycles. The third kappa shape index (κ3) is 3.11. The largest absolute Gasteiger partial charge is 0.379 e. The SMILES string of the molecule is CNC(c1ccccc1Cl)C(C)(C)N1CCOCC1. The molecule has 1 unspecified atom stereocenters. The van der Waals surface area contributed by atoms with E-state index in [0.717, 1.165) is 36.9 Å². The van der Waals surface area contributed by atoms with Gasteiger partial charge in [-0.25, -0.2) is 0 Å². The van der Waals surface area contributed by atoms with E-state index in [4.69, 9.17) is 16.3 Å². The van der Waals surface area contributed by atoms with Crippen molar-refractivity contribution in [1.29, 1.82) is 0 Å². The minimum atomic E-state index is -0.0104. The number of likely N-dealkylation sites (N-methyl/N-ethyl adjacent to an activating group) is 1. The molecule has 0 bridgehead atoms. The van der Waals surface area contributed by atoms with Gasteiger partial charge in [-0.15, -0.1) is 0 Å². The summed E-state index contributed by atoms with van der Waals surface area (Å²) in [6.07, 6.45) is 0. The smallest absolute Gasteiger partial charge is 0.0594 e. The van der Waals surface area contributed by atoms with Crippen molar-refractivity contribution in [2.45, 2.75) is 25.4 Å². The number of hydrogen-bond acceptors (Lipinski definition) is 3. The first-order chi connectivity index (χ1) is 9.07. The summed E-state index contributed by atoms with van der Waals surface area (Å²) in [4.78, 5) is 2.47. The number of hydrogen-bond donors (Lipinski definition) is 1. The minimum Gasteiger partial charge on any atom is -0.379 e. The van der Waals surface area contributed by atoms with Crippen LogP contribution in [0.2, 0.25) is 5.02 Å². The zero-order valence-corrected chi connectivity index (χ0v) is 12.7. The number of morpholine rings is 1. The summed E-state index contributed by atoms with van der Waals surface area (Å²) in [5, 5.41) is 4.25. The van der Waals surface area contributed by atoms with E-state index in [1.165, 1.54) is 0 Å². The molecule has 1 aromatic carbocycles. The first-order valence-electron chi connectivity index (χ1n) is 6.82. The van der Waals surface area contributed by atoms with Gasteiger partial charge in [-0.05, 0) is 32.5 Å². The van der Waals surface area contributed by atoms with Crippen molar-refractivity contribution >= 4 is 11.6 Å². The fourth-order valence-corrected chi connectivity index (χ4v) is 3.17. The Morgan fingerprint density at radius 2 is 1.89 bits per heavy atom. The van der Waals surface area contributed by atoms with Crippen LogP contribution in [-0.4, -0.2) is 43.8 Å². The number of nitrogens with one attached hydrogen (secondary N) is 1. The molecule has 0 saturated carbocycles. The maximum Gasteiger partial charge on any atom is 0.0594 e. The van der Waals surface area contributed by atoms with E-state index < -0.39 is 0 Å². The van der Waals surface area contributed by atoms with Gasteiger partial charge in [-0.1, -0.05) is 29.8 Å². The van der Waals surface area contributed by atoms with Crippen molar-refractivity contribution in [3.63, 3.8) is 0 Å². The molecule has 1 atom stereocenters. The fraction of sp³-hybridized carbons (Fsp3) is 0.600. The minimum absolute atomic E-state index is 0.0104. The van der Waals surface area contributed by atoms with E-state index >= 15 is 0 Å². The number of ether oxygens (including phenoxy) is 1. The van der Waals surface area contributed by atoms with Crippen molar-refractivity contribution in [2.75, 3.05) is 33.4 Å². The highest BCUT2D eigenvalue weighted by Crippen LogP contribution is 2.34. The third-order valence-corrected chi connectivity index (χ3v) is 4.38. The fourth-order valence-electron chi connectivity index (χ4n) is 2.92. The lowest BCUT2D eigenvalue weighted by Gasteiger charge is -2.46. The summed E-state index contributed by atoms with van der Waals surface area (Å²) in [7, 11) is 2.00. The molecule has 0 amide bonds. The Labute approximate surface area is 120 Å². The molecule has 1 saturated heterocycles. The lowest BCUT2D eigenvalue weighted by atomic mass is 9.86. The van der Waals surface area contributed by atoms with Gasteiger partial charge in [0, 0.05) is 23.7 Å². The van der Waals surface area contributed by atoms with Crippen molar-refractivity contribution in [3.05, 3.63) is 34.9 Å². The molecule has 4 heteroatoms.